The minimum atomic E-state index is -0.983. The molecule has 1 aromatic rings. The van der Waals surface area contributed by atoms with Crippen molar-refractivity contribution in [3.63, 3.8) is 0 Å². The predicted octanol–water partition coefficient (Wildman–Crippen LogP) is 2.34. The van der Waals surface area contributed by atoms with Crippen LogP contribution in [0.2, 0.25) is 0 Å². The van der Waals surface area contributed by atoms with Crippen molar-refractivity contribution in [1.29, 1.82) is 0 Å². The molecule has 1 atom stereocenters. The molecule has 100 valence electrons. The first-order valence-corrected chi connectivity index (χ1v) is 6.56. The molecule has 1 aromatic heterocycles. The monoisotopic (exact) mass is 316 g/mol. The molecule has 0 spiro atoms. The minimum absolute atomic E-state index is 0.391. The molecule has 0 aromatic carbocycles. The van der Waals surface area contributed by atoms with E-state index in [1.807, 2.05) is 6.92 Å². The number of pyridine rings is 1. The number of amides is 1. The number of hydrogen-bond donors (Lipinski definition) is 2. The van der Waals surface area contributed by atoms with Gasteiger partial charge in [0.25, 0.3) is 5.91 Å². The average molecular weight is 317 g/mol. The van der Waals surface area contributed by atoms with Gasteiger partial charge in [-0.3, -0.25) is 4.79 Å². The van der Waals surface area contributed by atoms with Crippen LogP contribution >= 0.6 is 15.9 Å². The molecule has 6 heteroatoms. The van der Waals surface area contributed by atoms with Gasteiger partial charge in [-0.2, -0.15) is 0 Å². The maximum Gasteiger partial charge on any atom is 0.253 e. The molecule has 0 aliphatic carbocycles. The number of unbranched alkanes of at least 4 members (excludes halogenated alkanes) is 1. The Balaban J connectivity index is 2.66. The van der Waals surface area contributed by atoms with Crippen molar-refractivity contribution in [1.82, 2.24) is 4.98 Å². The molecule has 0 radical (unpaired) electrons. The van der Waals surface area contributed by atoms with Gasteiger partial charge in [-0.1, -0.05) is 19.8 Å². The van der Waals surface area contributed by atoms with E-state index in [9.17, 15) is 9.90 Å². The Morgan fingerprint density at radius 1 is 1.61 bits per heavy atom. The van der Waals surface area contributed by atoms with E-state index in [2.05, 4.69) is 26.2 Å². The van der Waals surface area contributed by atoms with Crippen LogP contribution in [0.3, 0.4) is 0 Å². The Morgan fingerprint density at radius 2 is 2.33 bits per heavy atom. The first-order chi connectivity index (χ1) is 8.56. The largest absolute Gasteiger partial charge is 0.481 e. The molecule has 2 N–H and O–H groups in total. The second kappa shape index (κ2) is 7.33. The van der Waals surface area contributed by atoms with Crippen LogP contribution in [0.5, 0.6) is 5.88 Å². The van der Waals surface area contributed by atoms with Gasteiger partial charge in [0.2, 0.25) is 5.88 Å². The van der Waals surface area contributed by atoms with Crippen molar-refractivity contribution in [2.45, 2.75) is 32.3 Å². The maximum atomic E-state index is 11.7. The van der Waals surface area contributed by atoms with Crippen molar-refractivity contribution in [3.8, 4) is 5.88 Å². The van der Waals surface area contributed by atoms with Gasteiger partial charge >= 0.3 is 0 Å². The molecule has 0 fully saturated rings. The fourth-order valence-corrected chi connectivity index (χ4v) is 1.83. The molecule has 0 saturated carbocycles. The van der Waals surface area contributed by atoms with Crippen LogP contribution in [0.4, 0.5) is 5.69 Å². The topological polar surface area (TPSA) is 71.5 Å². The lowest BCUT2D eigenvalue weighted by atomic mass is 10.1. The van der Waals surface area contributed by atoms with E-state index >= 15 is 0 Å². The highest BCUT2D eigenvalue weighted by molar-refractivity contribution is 9.10. The van der Waals surface area contributed by atoms with Crippen LogP contribution in [0.1, 0.15) is 26.2 Å². The number of anilines is 1. The number of halogens is 1. The highest BCUT2D eigenvalue weighted by atomic mass is 79.9. The number of aromatic nitrogens is 1. The number of carbonyl (C=O) groups is 1. The lowest BCUT2D eigenvalue weighted by Crippen LogP contribution is -2.27. The van der Waals surface area contributed by atoms with Crippen LogP contribution in [0, 0.1) is 0 Å². The van der Waals surface area contributed by atoms with Crippen LogP contribution < -0.4 is 10.1 Å². The summed E-state index contributed by atoms with van der Waals surface area (Å²) in [7, 11) is 1.50. The molecule has 0 unspecified atom stereocenters. The summed E-state index contributed by atoms with van der Waals surface area (Å²) in [6.07, 6.45) is 1.24. The second-order valence-corrected chi connectivity index (χ2v) is 4.68. The second-order valence-electron chi connectivity index (χ2n) is 3.87. The quantitative estimate of drug-likeness (QED) is 0.790. The number of carbonyl (C=O) groups excluding carboxylic acids is 1. The summed E-state index contributed by atoms with van der Waals surface area (Å²) in [4.78, 5) is 15.7. The van der Waals surface area contributed by atoms with Gasteiger partial charge in [-0.05, 0) is 28.4 Å². The molecule has 1 rings (SSSR count). The number of rotatable bonds is 6. The minimum Gasteiger partial charge on any atom is -0.481 e. The molecular weight excluding hydrogens is 300 g/mol. The Labute approximate surface area is 115 Å². The lowest BCUT2D eigenvalue weighted by molar-refractivity contribution is -0.124. The van der Waals surface area contributed by atoms with Crippen molar-refractivity contribution >= 4 is 27.5 Å². The van der Waals surface area contributed by atoms with Gasteiger partial charge in [0.15, 0.2) is 0 Å². The molecule has 18 heavy (non-hydrogen) atoms. The molecule has 0 aliphatic rings. The zero-order valence-corrected chi connectivity index (χ0v) is 12.0. The third kappa shape index (κ3) is 4.62. The standard InChI is InChI=1S/C12H17BrN2O3/c1-3-4-5-9(16)12(17)14-8-6-10(13)15-11(7-8)18-2/h6-7,9,16H,3-5H2,1-2H3,(H,14,15,17)/t9-/m1/s1. The molecule has 0 saturated heterocycles. The van der Waals surface area contributed by atoms with E-state index in [0.29, 0.717) is 22.6 Å². The van der Waals surface area contributed by atoms with Crippen molar-refractivity contribution in [3.05, 3.63) is 16.7 Å². The summed E-state index contributed by atoms with van der Waals surface area (Å²) in [6.45, 7) is 2.01. The molecular formula is C12H17BrN2O3. The normalized spacial score (nSPS) is 12.0. The van der Waals surface area contributed by atoms with Crippen molar-refractivity contribution in [2.75, 3.05) is 12.4 Å². The fourth-order valence-electron chi connectivity index (χ4n) is 1.40. The SMILES string of the molecule is CCCC[C@@H](O)C(=O)Nc1cc(Br)nc(OC)c1. The zero-order valence-electron chi connectivity index (χ0n) is 10.4. The van der Waals surface area contributed by atoms with E-state index in [1.165, 1.54) is 7.11 Å². The molecule has 5 nitrogen and oxygen atoms in total. The first-order valence-electron chi connectivity index (χ1n) is 5.77. The number of ether oxygens (including phenoxy) is 1. The Hall–Kier alpha value is -1.14. The first kappa shape index (κ1) is 14.9. The van der Waals surface area contributed by atoms with Gasteiger partial charge < -0.3 is 15.2 Å². The van der Waals surface area contributed by atoms with E-state index in [-0.39, 0.29) is 0 Å². The number of aliphatic hydroxyl groups is 1. The lowest BCUT2D eigenvalue weighted by Gasteiger charge is -2.11. The highest BCUT2D eigenvalue weighted by Gasteiger charge is 2.15. The van der Waals surface area contributed by atoms with Crippen molar-refractivity contribution in [2.24, 2.45) is 0 Å². The van der Waals surface area contributed by atoms with E-state index in [4.69, 9.17) is 4.74 Å². The smallest absolute Gasteiger partial charge is 0.253 e. The summed E-state index contributed by atoms with van der Waals surface area (Å²) in [6, 6.07) is 3.24. The van der Waals surface area contributed by atoms with Gasteiger partial charge in [0.05, 0.1) is 7.11 Å². The molecule has 1 heterocycles. The molecule has 0 bridgehead atoms. The third-order valence-corrected chi connectivity index (χ3v) is 2.79. The van der Waals surface area contributed by atoms with Gasteiger partial charge in [-0.25, -0.2) is 4.98 Å². The number of nitrogens with zero attached hydrogens (tertiary/aromatic N) is 1. The van der Waals surface area contributed by atoms with Crippen LogP contribution in [-0.4, -0.2) is 29.2 Å². The van der Waals surface area contributed by atoms with E-state index < -0.39 is 12.0 Å². The van der Waals surface area contributed by atoms with Gasteiger partial charge in [0.1, 0.15) is 10.7 Å². The summed E-state index contributed by atoms with van der Waals surface area (Å²) in [5.74, 6) is -0.0219. The summed E-state index contributed by atoms with van der Waals surface area (Å²) >= 11 is 3.22. The van der Waals surface area contributed by atoms with Crippen LogP contribution in [0.15, 0.2) is 16.7 Å². The number of methoxy groups -OCH3 is 1. The maximum absolute atomic E-state index is 11.7. The predicted molar refractivity (Wildman–Crippen MR) is 72.7 cm³/mol. The summed E-state index contributed by atoms with van der Waals surface area (Å²) in [5, 5.41) is 12.3. The summed E-state index contributed by atoms with van der Waals surface area (Å²) in [5.41, 5.74) is 0.536. The Morgan fingerprint density at radius 3 is 2.94 bits per heavy atom. The summed E-state index contributed by atoms with van der Waals surface area (Å²) < 4.78 is 5.54. The third-order valence-electron chi connectivity index (χ3n) is 2.38. The van der Waals surface area contributed by atoms with Crippen molar-refractivity contribution < 1.29 is 14.6 Å². The zero-order chi connectivity index (χ0) is 13.5. The van der Waals surface area contributed by atoms with Gasteiger partial charge in [-0.15, -0.1) is 0 Å². The fraction of sp³-hybridized carbons (Fsp3) is 0.500. The van der Waals surface area contributed by atoms with Gasteiger partial charge in [0, 0.05) is 11.8 Å². The van der Waals surface area contributed by atoms with Crippen LogP contribution in [-0.2, 0) is 4.79 Å². The molecule has 0 aliphatic heterocycles. The Kier molecular flexibility index (Phi) is 6.07. The highest BCUT2D eigenvalue weighted by Crippen LogP contribution is 2.20. The number of hydrogen-bond acceptors (Lipinski definition) is 4. The number of nitrogens with one attached hydrogen (secondary N) is 1. The van der Waals surface area contributed by atoms with E-state index in [0.717, 1.165) is 12.8 Å². The number of aliphatic hydroxyl groups excluding tert-OH is 1. The van der Waals surface area contributed by atoms with Crippen LogP contribution in [0.25, 0.3) is 0 Å². The Bertz CT molecular complexity index is 412. The van der Waals surface area contributed by atoms with E-state index in [1.54, 1.807) is 12.1 Å². The average Bonchev–Trinajstić information content (AvgIpc) is 2.34. The molecule has 1 amide bonds.